The Kier molecular flexibility index (Phi) is 3.51. The van der Waals surface area contributed by atoms with Gasteiger partial charge in [-0.1, -0.05) is 72.8 Å². The first-order valence-electron chi connectivity index (χ1n) is 10.3. The normalized spacial score (nSPS) is 12.4. The lowest BCUT2D eigenvalue weighted by atomic mass is 10.00. The van der Waals surface area contributed by atoms with E-state index in [0.717, 1.165) is 6.54 Å². The van der Waals surface area contributed by atoms with Crippen molar-refractivity contribution in [2.45, 2.75) is 13.5 Å². The van der Waals surface area contributed by atoms with Gasteiger partial charge in [0.1, 0.15) is 0 Å². The van der Waals surface area contributed by atoms with E-state index in [0.29, 0.717) is 0 Å². The van der Waals surface area contributed by atoms with Crippen LogP contribution in [0.3, 0.4) is 0 Å². The van der Waals surface area contributed by atoms with Gasteiger partial charge in [-0.15, -0.1) is 0 Å². The monoisotopic (exact) mass is 371 g/mol. The van der Waals surface area contributed by atoms with Crippen LogP contribution in [0, 0.1) is 0 Å². The van der Waals surface area contributed by atoms with E-state index in [-0.39, 0.29) is 0 Å². The number of hydrogen-bond acceptors (Lipinski definition) is 0. The zero-order valence-corrected chi connectivity index (χ0v) is 16.4. The van der Waals surface area contributed by atoms with E-state index < -0.39 is 0 Å². The lowest BCUT2D eigenvalue weighted by Crippen LogP contribution is -1.92. The number of rotatable bonds is 2. The second-order valence-corrected chi connectivity index (χ2v) is 7.69. The molecule has 5 aromatic rings. The SMILES string of the molecule is CCn1c2ccccc2c2cc(C=C3c4ccccc4-c4ccccc43)ccc21. The molecular weight excluding hydrogens is 350 g/mol. The molecule has 0 unspecified atom stereocenters. The molecule has 0 atom stereocenters. The van der Waals surface area contributed by atoms with Crippen molar-refractivity contribution in [1.82, 2.24) is 4.57 Å². The first kappa shape index (κ1) is 16.4. The molecule has 1 nitrogen and oxygen atoms in total. The quantitative estimate of drug-likeness (QED) is 0.299. The maximum absolute atomic E-state index is 2.40. The molecule has 4 aromatic carbocycles. The molecule has 1 heteroatoms. The standard InChI is InChI=1S/C28H21N/c1-2-29-27-14-8-7-13-24(27)26-18-19(15-16-28(26)29)17-25-22-11-5-3-9-20(22)21-10-4-6-12-23(21)25/h3-18H,2H2,1H3. The largest absolute Gasteiger partial charge is 0.341 e. The van der Waals surface area contributed by atoms with Gasteiger partial charge in [-0.05, 0) is 64.6 Å². The van der Waals surface area contributed by atoms with Crippen LogP contribution in [0.15, 0.2) is 91.0 Å². The van der Waals surface area contributed by atoms with E-state index in [9.17, 15) is 0 Å². The molecule has 6 rings (SSSR count). The maximum atomic E-state index is 2.40. The van der Waals surface area contributed by atoms with Gasteiger partial charge in [0.25, 0.3) is 0 Å². The van der Waals surface area contributed by atoms with Gasteiger partial charge in [-0.3, -0.25) is 0 Å². The fourth-order valence-electron chi connectivity index (χ4n) is 4.87. The molecule has 138 valence electrons. The molecule has 0 N–H and O–H groups in total. The van der Waals surface area contributed by atoms with Gasteiger partial charge in [0, 0.05) is 28.4 Å². The zero-order valence-electron chi connectivity index (χ0n) is 16.4. The summed E-state index contributed by atoms with van der Waals surface area (Å²) in [5, 5.41) is 2.66. The van der Waals surface area contributed by atoms with E-state index in [2.05, 4.69) is 109 Å². The number of fused-ring (bicyclic) bond motifs is 6. The number of aromatic nitrogens is 1. The smallest absolute Gasteiger partial charge is 0.0491 e. The third-order valence-electron chi connectivity index (χ3n) is 6.15. The van der Waals surface area contributed by atoms with E-state index in [4.69, 9.17) is 0 Å². The summed E-state index contributed by atoms with van der Waals surface area (Å²) in [5.74, 6) is 0. The van der Waals surface area contributed by atoms with Gasteiger partial charge in [0.2, 0.25) is 0 Å². The minimum Gasteiger partial charge on any atom is -0.341 e. The summed E-state index contributed by atoms with van der Waals surface area (Å²) in [5.41, 5.74) is 10.5. The fraction of sp³-hybridized carbons (Fsp3) is 0.0714. The van der Waals surface area contributed by atoms with Crippen LogP contribution < -0.4 is 0 Å². The van der Waals surface area contributed by atoms with Crippen molar-refractivity contribution in [2.24, 2.45) is 0 Å². The maximum Gasteiger partial charge on any atom is 0.0491 e. The van der Waals surface area contributed by atoms with Crippen molar-refractivity contribution in [3.05, 3.63) is 108 Å². The Bertz CT molecular complexity index is 1380. The molecule has 1 aliphatic carbocycles. The second-order valence-electron chi connectivity index (χ2n) is 7.69. The fourth-order valence-corrected chi connectivity index (χ4v) is 4.87. The zero-order chi connectivity index (χ0) is 19.4. The molecule has 0 amide bonds. The Morgan fingerprint density at radius 2 is 1.21 bits per heavy atom. The van der Waals surface area contributed by atoms with Gasteiger partial charge in [0.15, 0.2) is 0 Å². The Labute approximate surface area is 170 Å². The van der Waals surface area contributed by atoms with Crippen LogP contribution in [0.5, 0.6) is 0 Å². The van der Waals surface area contributed by atoms with Crippen LogP contribution in [0.1, 0.15) is 23.6 Å². The molecule has 0 aliphatic heterocycles. The molecule has 0 bridgehead atoms. The summed E-state index contributed by atoms with van der Waals surface area (Å²) in [6.07, 6.45) is 2.35. The van der Waals surface area contributed by atoms with Crippen LogP contribution in [0.2, 0.25) is 0 Å². The summed E-state index contributed by atoms with van der Waals surface area (Å²) in [6, 6.07) is 33.1. The number of nitrogens with zero attached hydrogens (tertiary/aromatic N) is 1. The van der Waals surface area contributed by atoms with Gasteiger partial charge >= 0.3 is 0 Å². The molecule has 0 fully saturated rings. The Balaban J connectivity index is 1.60. The number of benzene rings is 4. The van der Waals surface area contributed by atoms with E-state index in [1.165, 1.54) is 55.2 Å². The summed E-state index contributed by atoms with van der Waals surface area (Å²) in [6.45, 7) is 3.19. The van der Waals surface area contributed by atoms with Crippen molar-refractivity contribution in [3.8, 4) is 11.1 Å². The Hall–Kier alpha value is -3.58. The lowest BCUT2D eigenvalue weighted by Gasteiger charge is -2.05. The van der Waals surface area contributed by atoms with E-state index >= 15 is 0 Å². The highest BCUT2D eigenvalue weighted by Gasteiger charge is 2.22. The predicted octanol–water partition coefficient (Wildman–Crippen LogP) is 7.38. The first-order chi connectivity index (χ1) is 14.3. The minimum atomic E-state index is 0.977. The predicted molar refractivity (Wildman–Crippen MR) is 124 cm³/mol. The third kappa shape index (κ3) is 2.34. The van der Waals surface area contributed by atoms with Crippen molar-refractivity contribution >= 4 is 33.5 Å². The molecule has 29 heavy (non-hydrogen) atoms. The minimum absolute atomic E-state index is 0.977. The third-order valence-corrected chi connectivity index (χ3v) is 6.15. The van der Waals surface area contributed by atoms with Crippen LogP contribution in [-0.4, -0.2) is 4.57 Å². The Morgan fingerprint density at radius 1 is 0.621 bits per heavy atom. The summed E-state index contributed by atoms with van der Waals surface area (Å²) < 4.78 is 2.40. The molecular formula is C28H21N. The average molecular weight is 371 g/mol. The lowest BCUT2D eigenvalue weighted by molar-refractivity contribution is 0.827. The topological polar surface area (TPSA) is 4.93 Å². The highest BCUT2D eigenvalue weighted by atomic mass is 15.0. The number of para-hydroxylation sites is 1. The van der Waals surface area contributed by atoms with Gasteiger partial charge in [-0.25, -0.2) is 0 Å². The molecule has 0 saturated heterocycles. The first-order valence-corrected chi connectivity index (χ1v) is 10.3. The van der Waals surface area contributed by atoms with Gasteiger partial charge in [0.05, 0.1) is 0 Å². The van der Waals surface area contributed by atoms with E-state index in [1.54, 1.807) is 0 Å². The van der Waals surface area contributed by atoms with Crippen LogP contribution >= 0.6 is 0 Å². The second kappa shape index (κ2) is 6.22. The summed E-state index contributed by atoms with van der Waals surface area (Å²) in [7, 11) is 0. The van der Waals surface area contributed by atoms with E-state index in [1.807, 2.05) is 0 Å². The molecule has 1 aromatic heterocycles. The Morgan fingerprint density at radius 3 is 1.90 bits per heavy atom. The van der Waals surface area contributed by atoms with Crippen molar-refractivity contribution < 1.29 is 0 Å². The summed E-state index contributed by atoms with van der Waals surface area (Å²) >= 11 is 0. The number of hydrogen-bond donors (Lipinski definition) is 0. The average Bonchev–Trinajstić information content (AvgIpc) is 3.27. The van der Waals surface area contributed by atoms with Crippen molar-refractivity contribution in [1.29, 1.82) is 0 Å². The van der Waals surface area contributed by atoms with Crippen LogP contribution in [0.4, 0.5) is 0 Å². The van der Waals surface area contributed by atoms with Crippen LogP contribution in [0.25, 0.3) is 44.6 Å². The molecule has 0 radical (unpaired) electrons. The number of aryl methyl sites for hydroxylation is 1. The van der Waals surface area contributed by atoms with Gasteiger partial charge in [-0.2, -0.15) is 0 Å². The van der Waals surface area contributed by atoms with Crippen molar-refractivity contribution in [2.75, 3.05) is 0 Å². The highest BCUT2D eigenvalue weighted by Crippen LogP contribution is 2.44. The molecule has 1 heterocycles. The van der Waals surface area contributed by atoms with Crippen LogP contribution in [-0.2, 0) is 6.54 Å². The van der Waals surface area contributed by atoms with Crippen molar-refractivity contribution in [3.63, 3.8) is 0 Å². The molecule has 1 aliphatic rings. The molecule has 0 spiro atoms. The van der Waals surface area contributed by atoms with Gasteiger partial charge < -0.3 is 4.57 Å². The highest BCUT2D eigenvalue weighted by molar-refractivity contribution is 6.10. The molecule has 0 saturated carbocycles. The summed E-state index contributed by atoms with van der Waals surface area (Å²) in [4.78, 5) is 0.